The summed E-state index contributed by atoms with van der Waals surface area (Å²) in [7, 11) is 0. The van der Waals surface area contributed by atoms with Crippen LogP contribution in [0.3, 0.4) is 0 Å². The molecular weight excluding hydrogens is 180 g/mol. The van der Waals surface area contributed by atoms with Crippen LogP contribution in [0.5, 0.6) is 0 Å². The molecule has 0 spiro atoms. The lowest BCUT2D eigenvalue weighted by atomic mass is 10.0. The number of benzene rings is 1. The maximum absolute atomic E-state index is 11.4. The Morgan fingerprint density at radius 2 is 1.85 bits per heavy atom. The molecule has 70 valence electrons. The Kier molecular flexibility index (Phi) is 3.55. The van der Waals surface area contributed by atoms with Crippen molar-refractivity contribution in [1.29, 1.82) is 0 Å². The second-order valence-corrected chi connectivity index (χ2v) is 3.97. The summed E-state index contributed by atoms with van der Waals surface area (Å²) >= 11 is 1.29. The van der Waals surface area contributed by atoms with Crippen molar-refractivity contribution in [2.24, 2.45) is 0 Å². The molecule has 0 aliphatic heterocycles. The van der Waals surface area contributed by atoms with Gasteiger partial charge in [-0.15, -0.1) is 0 Å². The first-order chi connectivity index (χ1) is 6.15. The van der Waals surface area contributed by atoms with Crippen LogP contribution in [0.25, 0.3) is 0 Å². The Hall–Kier alpha value is -0.760. The second-order valence-electron chi connectivity index (χ2n) is 3.16. The van der Waals surface area contributed by atoms with Gasteiger partial charge in [-0.2, -0.15) is 0 Å². The number of carbonyl (C=O) groups excluding carboxylic acids is 1. The first-order valence-electron chi connectivity index (χ1n) is 4.29. The number of aryl methyl sites for hydroxylation is 1. The summed E-state index contributed by atoms with van der Waals surface area (Å²) in [6.07, 6.45) is 1.83. The summed E-state index contributed by atoms with van der Waals surface area (Å²) in [4.78, 5) is 11.4. The maximum Gasteiger partial charge on any atom is 0.195 e. The van der Waals surface area contributed by atoms with E-state index in [9.17, 15) is 4.79 Å². The normalized spacial score (nSPS) is 12.5. The molecule has 0 amide bonds. The van der Waals surface area contributed by atoms with Crippen LogP contribution in [0.2, 0.25) is 0 Å². The van der Waals surface area contributed by atoms with E-state index < -0.39 is 0 Å². The quantitative estimate of drug-likeness (QED) is 0.720. The molecule has 0 fully saturated rings. The fourth-order valence-corrected chi connectivity index (χ4v) is 1.66. The predicted octanol–water partition coefficient (Wildman–Crippen LogP) is 2.99. The molecule has 0 radical (unpaired) electrons. The molecule has 1 unspecified atom stereocenters. The minimum atomic E-state index is 0.00981. The third kappa shape index (κ3) is 2.59. The van der Waals surface area contributed by atoms with Gasteiger partial charge in [0.2, 0.25) is 0 Å². The fourth-order valence-electron chi connectivity index (χ4n) is 1.17. The highest BCUT2D eigenvalue weighted by Crippen LogP contribution is 2.20. The number of thioether (sulfide) groups is 1. The molecule has 0 bridgehead atoms. The van der Waals surface area contributed by atoms with Crippen molar-refractivity contribution in [2.45, 2.75) is 19.8 Å². The zero-order chi connectivity index (χ0) is 9.84. The van der Waals surface area contributed by atoms with Crippen molar-refractivity contribution in [3.8, 4) is 0 Å². The summed E-state index contributed by atoms with van der Waals surface area (Å²) in [6, 6.07) is 8.13. The molecule has 13 heavy (non-hydrogen) atoms. The van der Waals surface area contributed by atoms with Gasteiger partial charge in [-0.05, 0) is 18.7 Å². The molecule has 0 saturated heterocycles. The van der Waals surface area contributed by atoms with Gasteiger partial charge >= 0.3 is 0 Å². The molecule has 2 heteroatoms. The third-order valence-electron chi connectivity index (χ3n) is 2.13. The van der Waals surface area contributed by atoms with E-state index in [2.05, 4.69) is 0 Å². The zero-order valence-corrected chi connectivity index (χ0v) is 9.02. The van der Waals surface area contributed by atoms with E-state index in [1.54, 1.807) is 0 Å². The molecule has 0 aromatic heterocycles. The third-order valence-corrected chi connectivity index (χ3v) is 2.89. The molecule has 1 atom stereocenters. The molecule has 0 aliphatic carbocycles. The lowest BCUT2D eigenvalue weighted by molar-refractivity contribution is -0.111. The van der Waals surface area contributed by atoms with Crippen molar-refractivity contribution in [2.75, 3.05) is 6.26 Å². The van der Waals surface area contributed by atoms with E-state index in [0.29, 0.717) is 0 Å². The van der Waals surface area contributed by atoms with Crippen LogP contribution in [0.15, 0.2) is 24.3 Å². The van der Waals surface area contributed by atoms with Crippen LogP contribution in [0.4, 0.5) is 0 Å². The average molecular weight is 194 g/mol. The van der Waals surface area contributed by atoms with Crippen LogP contribution in [0.1, 0.15) is 24.0 Å². The van der Waals surface area contributed by atoms with Crippen LogP contribution >= 0.6 is 11.8 Å². The number of carbonyl (C=O) groups is 1. The second kappa shape index (κ2) is 4.47. The summed E-state index contributed by atoms with van der Waals surface area (Å²) in [5.41, 5.74) is 2.33. The van der Waals surface area contributed by atoms with Gasteiger partial charge in [0.05, 0.1) is 5.92 Å². The smallest absolute Gasteiger partial charge is 0.195 e. The molecule has 1 aromatic rings. The minimum absolute atomic E-state index is 0.00981. The van der Waals surface area contributed by atoms with Crippen molar-refractivity contribution >= 4 is 16.9 Å². The highest BCUT2D eigenvalue weighted by atomic mass is 32.2. The van der Waals surface area contributed by atoms with Gasteiger partial charge < -0.3 is 0 Å². The molecule has 1 rings (SSSR count). The van der Waals surface area contributed by atoms with Crippen molar-refractivity contribution in [1.82, 2.24) is 0 Å². The summed E-state index contributed by atoms with van der Waals surface area (Å²) in [5.74, 6) is 0.00981. The standard InChI is InChI=1S/C11H14OS/c1-8-4-6-10(7-5-8)9(2)11(12)13-3/h4-7,9H,1-3H3. The molecular formula is C11H14OS. The maximum atomic E-state index is 11.4. The largest absolute Gasteiger partial charge is 0.287 e. The highest BCUT2D eigenvalue weighted by Gasteiger charge is 2.12. The van der Waals surface area contributed by atoms with E-state index in [-0.39, 0.29) is 11.0 Å². The zero-order valence-electron chi connectivity index (χ0n) is 8.20. The van der Waals surface area contributed by atoms with E-state index in [1.807, 2.05) is 44.4 Å². The number of rotatable bonds is 2. The van der Waals surface area contributed by atoms with E-state index >= 15 is 0 Å². The van der Waals surface area contributed by atoms with Gasteiger partial charge in [-0.3, -0.25) is 4.79 Å². The number of hydrogen-bond donors (Lipinski definition) is 0. The lowest BCUT2D eigenvalue weighted by Crippen LogP contribution is -2.03. The monoisotopic (exact) mass is 194 g/mol. The summed E-state index contributed by atoms with van der Waals surface area (Å²) in [5, 5.41) is 0.226. The topological polar surface area (TPSA) is 17.1 Å². The highest BCUT2D eigenvalue weighted by molar-refractivity contribution is 8.13. The van der Waals surface area contributed by atoms with Crippen molar-refractivity contribution in [3.05, 3.63) is 35.4 Å². The van der Waals surface area contributed by atoms with Crippen LogP contribution in [-0.2, 0) is 4.79 Å². The first kappa shape index (κ1) is 10.3. The SMILES string of the molecule is CSC(=O)C(C)c1ccc(C)cc1. The van der Waals surface area contributed by atoms with Crippen LogP contribution in [0, 0.1) is 6.92 Å². The van der Waals surface area contributed by atoms with Gasteiger partial charge in [0.1, 0.15) is 0 Å². The lowest BCUT2D eigenvalue weighted by Gasteiger charge is -2.08. The Labute approximate surface area is 83.5 Å². The van der Waals surface area contributed by atoms with Crippen LogP contribution in [-0.4, -0.2) is 11.4 Å². The van der Waals surface area contributed by atoms with E-state index in [1.165, 1.54) is 17.3 Å². The van der Waals surface area contributed by atoms with Crippen LogP contribution < -0.4 is 0 Å². The first-order valence-corrected chi connectivity index (χ1v) is 5.52. The fraction of sp³-hybridized carbons (Fsp3) is 0.364. The molecule has 0 aliphatic rings. The molecule has 1 nitrogen and oxygen atoms in total. The number of hydrogen-bond acceptors (Lipinski definition) is 2. The Bertz CT molecular complexity index is 289. The van der Waals surface area contributed by atoms with Gasteiger partial charge in [-0.1, -0.05) is 48.5 Å². The molecule has 0 heterocycles. The van der Waals surface area contributed by atoms with Gasteiger partial charge in [0.15, 0.2) is 5.12 Å². The summed E-state index contributed by atoms with van der Waals surface area (Å²) < 4.78 is 0. The van der Waals surface area contributed by atoms with Gasteiger partial charge in [-0.25, -0.2) is 0 Å². The van der Waals surface area contributed by atoms with Gasteiger partial charge in [0, 0.05) is 0 Å². The Morgan fingerprint density at radius 3 is 2.31 bits per heavy atom. The van der Waals surface area contributed by atoms with Gasteiger partial charge in [0.25, 0.3) is 0 Å². The Morgan fingerprint density at radius 1 is 1.31 bits per heavy atom. The minimum Gasteiger partial charge on any atom is -0.287 e. The van der Waals surface area contributed by atoms with E-state index in [0.717, 1.165) is 5.56 Å². The molecule has 0 N–H and O–H groups in total. The van der Waals surface area contributed by atoms with Crippen molar-refractivity contribution in [3.63, 3.8) is 0 Å². The molecule has 0 saturated carbocycles. The Balaban J connectivity index is 2.83. The van der Waals surface area contributed by atoms with E-state index in [4.69, 9.17) is 0 Å². The predicted molar refractivity (Wildman–Crippen MR) is 58.1 cm³/mol. The van der Waals surface area contributed by atoms with Crippen molar-refractivity contribution < 1.29 is 4.79 Å². The molecule has 1 aromatic carbocycles. The average Bonchev–Trinajstić information content (AvgIpc) is 2.17. The summed E-state index contributed by atoms with van der Waals surface area (Å²) in [6.45, 7) is 3.99.